The summed E-state index contributed by atoms with van der Waals surface area (Å²) < 4.78 is 6.76. The topological polar surface area (TPSA) is 105 Å². The summed E-state index contributed by atoms with van der Waals surface area (Å²) in [7, 11) is 0. The molecule has 4 aromatic rings. The summed E-state index contributed by atoms with van der Waals surface area (Å²) >= 11 is 0. The van der Waals surface area contributed by atoms with Crippen LogP contribution in [0.2, 0.25) is 0 Å². The summed E-state index contributed by atoms with van der Waals surface area (Å²) in [6.45, 7) is -0.364. The van der Waals surface area contributed by atoms with E-state index >= 15 is 0 Å². The molecule has 5 rings (SSSR count). The van der Waals surface area contributed by atoms with Crippen LogP contribution in [0, 0.1) is 11.8 Å². The van der Waals surface area contributed by atoms with Gasteiger partial charge in [0.2, 0.25) is 0 Å². The van der Waals surface area contributed by atoms with Crippen LogP contribution in [0.1, 0.15) is 23.8 Å². The lowest BCUT2D eigenvalue weighted by Gasteiger charge is -2.14. The molecule has 160 valence electrons. The molecule has 1 fully saturated rings. The van der Waals surface area contributed by atoms with Crippen molar-refractivity contribution in [1.29, 1.82) is 0 Å². The van der Waals surface area contributed by atoms with Crippen molar-refractivity contribution < 1.29 is 14.9 Å². The van der Waals surface area contributed by atoms with E-state index in [9.17, 15) is 19.8 Å². The maximum Gasteiger partial charge on any atom is 0.330 e. The van der Waals surface area contributed by atoms with Crippen LogP contribution in [0.3, 0.4) is 0 Å². The summed E-state index contributed by atoms with van der Waals surface area (Å²) in [5.74, 6) is 6.06. The maximum absolute atomic E-state index is 12.4. The molecule has 7 nitrogen and oxygen atoms in total. The van der Waals surface area contributed by atoms with Crippen molar-refractivity contribution in [2.24, 2.45) is 0 Å². The molecule has 3 N–H and O–H groups in total. The predicted molar refractivity (Wildman–Crippen MR) is 120 cm³/mol. The Bertz CT molecular complexity index is 1450. The number of aliphatic hydroxyl groups excluding tert-OH is 2. The van der Waals surface area contributed by atoms with Gasteiger partial charge in [-0.2, -0.15) is 0 Å². The number of H-pyrrole nitrogens is 1. The number of fused-ring (bicyclic) bond motifs is 2. The summed E-state index contributed by atoms with van der Waals surface area (Å²) in [6.07, 6.45) is -1.02. The minimum absolute atomic E-state index is 0.104. The van der Waals surface area contributed by atoms with Crippen molar-refractivity contribution in [3.05, 3.63) is 92.8 Å². The molecule has 1 saturated heterocycles. The van der Waals surface area contributed by atoms with Crippen LogP contribution in [0.25, 0.3) is 21.5 Å². The number of nitrogens with one attached hydrogen (secondary N) is 1. The number of ether oxygens (including phenoxy) is 1. The highest BCUT2D eigenvalue weighted by molar-refractivity contribution is 6.04. The van der Waals surface area contributed by atoms with E-state index in [2.05, 4.69) is 22.9 Å². The fraction of sp³-hybridized carbons (Fsp3) is 0.200. The third kappa shape index (κ3) is 3.51. The number of hydrogen-bond acceptors (Lipinski definition) is 5. The average molecular weight is 428 g/mol. The lowest BCUT2D eigenvalue weighted by atomic mass is 9.97. The summed E-state index contributed by atoms with van der Waals surface area (Å²) in [5.41, 5.74) is -0.358. The van der Waals surface area contributed by atoms with Crippen LogP contribution in [-0.4, -0.2) is 38.6 Å². The fourth-order valence-corrected chi connectivity index (χ4v) is 4.12. The highest BCUT2D eigenvalue weighted by Gasteiger charge is 2.35. The number of aliphatic hydroxyl groups is 2. The fourth-order valence-electron chi connectivity index (χ4n) is 4.12. The molecule has 0 saturated carbocycles. The smallest absolute Gasteiger partial charge is 0.330 e. The van der Waals surface area contributed by atoms with Crippen LogP contribution >= 0.6 is 0 Å². The first-order valence-corrected chi connectivity index (χ1v) is 10.3. The molecule has 0 unspecified atom stereocenters. The van der Waals surface area contributed by atoms with Crippen LogP contribution < -0.4 is 11.2 Å². The van der Waals surface area contributed by atoms with E-state index in [1.54, 1.807) is 0 Å². The molecule has 1 aliphatic rings. The van der Waals surface area contributed by atoms with Crippen molar-refractivity contribution in [2.75, 3.05) is 6.61 Å². The Kier molecular flexibility index (Phi) is 5.11. The van der Waals surface area contributed by atoms with Crippen molar-refractivity contribution in [2.45, 2.75) is 24.9 Å². The summed E-state index contributed by atoms with van der Waals surface area (Å²) in [5, 5.41) is 23.3. The van der Waals surface area contributed by atoms with Crippen molar-refractivity contribution in [1.82, 2.24) is 9.55 Å². The van der Waals surface area contributed by atoms with Gasteiger partial charge < -0.3 is 14.9 Å². The molecular formula is C25H20N2O5. The molecule has 2 heterocycles. The van der Waals surface area contributed by atoms with Gasteiger partial charge in [0.05, 0.1) is 12.7 Å². The van der Waals surface area contributed by atoms with Gasteiger partial charge in [0.15, 0.2) is 0 Å². The Labute approximate surface area is 182 Å². The summed E-state index contributed by atoms with van der Waals surface area (Å²) in [4.78, 5) is 27.0. The Morgan fingerprint density at radius 3 is 2.31 bits per heavy atom. The van der Waals surface area contributed by atoms with E-state index in [4.69, 9.17) is 4.74 Å². The number of hydrogen-bond donors (Lipinski definition) is 3. The van der Waals surface area contributed by atoms with E-state index < -0.39 is 29.7 Å². The second kappa shape index (κ2) is 8.09. The zero-order valence-corrected chi connectivity index (χ0v) is 17.0. The maximum atomic E-state index is 12.4. The highest BCUT2D eigenvalue weighted by atomic mass is 16.5. The molecular weight excluding hydrogens is 408 g/mol. The first-order valence-electron chi connectivity index (χ1n) is 10.3. The number of nitrogens with zero attached hydrogens (tertiary/aromatic N) is 1. The molecule has 0 amide bonds. The largest absolute Gasteiger partial charge is 0.394 e. The average Bonchev–Trinajstić information content (AvgIpc) is 3.18. The number of aromatic nitrogens is 2. The second-order valence-electron chi connectivity index (χ2n) is 7.77. The van der Waals surface area contributed by atoms with E-state index in [-0.39, 0.29) is 18.6 Å². The molecule has 7 heteroatoms. The van der Waals surface area contributed by atoms with Gasteiger partial charge in [-0.3, -0.25) is 14.3 Å². The van der Waals surface area contributed by atoms with Crippen LogP contribution in [0.5, 0.6) is 0 Å². The molecule has 0 radical (unpaired) electrons. The molecule has 3 atom stereocenters. The van der Waals surface area contributed by atoms with Gasteiger partial charge in [0, 0.05) is 18.2 Å². The predicted octanol–water partition coefficient (Wildman–Crippen LogP) is 1.88. The Morgan fingerprint density at radius 1 is 1.03 bits per heavy atom. The first-order chi connectivity index (χ1) is 15.5. The number of aromatic amines is 1. The van der Waals surface area contributed by atoms with Gasteiger partial charge in [-0.15, -0.1) is 0 Å². The third-order valence-corrected chi connectivity index (χ3v) is 5.76. The molecule has 3 aromatic carbocycles. The van der Waals surface area contributed by atoms with E-state index in [0.29, 0.717) is 0 Å². The van der Waals surface area contributed by atoms with Crippen LogP contribution in [-0.2, 0) is 4.74 Å². The Balaban J connectivity index is 1.64. The van der Waals surface area contributed by atoms with Gasteiger partial charge in [0.1, 0.15) is 17.9 Å². The zero-order chi connectivity index (χ0) is 22.2. The Hall–Kier alpha value is -3.70. The molecule has 1 aromatic heterocycles. The molecule has 32 heavy (non-hydrogen) atoms. The second-order valence-corrected chi connectivity index (χ2v) is 7.77. The van der Waals surface area contributed by atoms with Crippen LogP contribution in [0.4, 0.5) is 0 Å². The van der Waals surface area contributed by atoms with Gasteiger partial charge >= 0.3 is 5.69 Å². The van der Waals surface area contributed by atoms with E-state index in [0.717, 1.165) is 27.1 Å². The van der Waals surface area contributed by atoms with Crippen LogP contribution in [0.15, 0.2) is 70.4 Å². The number of rotatable bonds is 2. The Morgan fingerprint density at radius 2 is 1.69 bits per heavy atom. The minimum Gasteiger partial charge on any atom is -0.394 e. The lowest BCUT2D eigenvalue weighted by Crippen LogP contribution is -2.33. The lowest BCUT2D eigenvalue weighted by molar-refractivity contribution is -0.0459. The molecule has 0 bridgehead atoms. The molecule has 1 aliphatic heterocycles. The van der Waals surface area contributed by atoms with Gasteiger partial charge in [0.25, 0.3) is 5.56 Å². The zero-order valence-electron chi connectivity index (χ0n) is 17.0. The quantitative estimate of drug-likeness (QED) is 0.334. The van der Waals surface area contributed by atoms with Gasteiger partial charge in [-0.1, -0.05) is 60.4 Å². The highest BCUT2D eigenvalue weighted by Crippen LogP contribution is 2.28. The molecule has 0 aliphatic carbocycles. The van der Waals surface area contributed by atoms with Gasteiger partial charge in [-0.25, -0.2) is 4.79 Å². The normalized spacial score (nSPS) is 20.4. The standard InChI is InChI=1S/C25H20N2O5/c28-14-22-21(29)12-23(32-22)27-13-17(24(30)26-25(27)31)9-10-20-18-7-3-1-5-15(18)11-16-6-2-4-8-19(16)20/h1-8,11,13,21-23,28-29H,12,14H2,(H,26,30,31)/t21-,22+,23+/m0/s1. The third-order valence-electron chi connectivity index (χ3n) is 5.76. The van der Waals surface area contributed by atoms with E-state index in [1.165, 1.54) is 10.8 Å². The summed E-state index contributed by atoms with van der Waals surface area (Å²) in [6, 6.07) is 17.9. The molecule has 0 spiro atoms. The van der Waals surface area contributed by atoms with Crippen molar-refractivity contribution >= 4 is 21.5 Å². The first kappa shape index (κ1) is 20.2. The van der Waals surface area contributed by atoms with Crippen molar-refractivity contribution in [3.63, 3.8) is 0 Å². The monoisotopic (exact) mass is 428 g/mol. The minimum atomic E-state index is -0.902. The van der Waals surface area contributed by atoms with Gasteiger partial charge in [-0.05, 0) is 27.6 Å². The number of benzene rings is 3. The van der Waals surface area contributed by atoms with E-state index in [1.807, 2.05) is 48.5 Å². The van der Waals surface area contributed by atoms with Crippen molar-refractivity contribution in [3.8, 4) is 11.8 Å². The SMILES string of the molecule is O=c1[nH]c(=O)n([C@H]2C[C@H](O)[C@@H](CO)O2)cc1C#Cc1c2ccccc2cc2ccccc12.